The molecule has 224 valence electrons. The zero-order valence-electron chi connectivity index (χ0n) is 23.1. The van der Waals surface area contributed by atoms with Crippen molar-refractivity contribution in [2.24, 2.45) is 11.1 Å². The van der Waals surface area contributed by atoms with Crippen LogP contribution in [0.5, 0.6) is 0 Å². The number of oxime groups is 1. The topological polar surface area (TPSA) is 165 Å². The quantitative estimate of drug-likeness (QED) is 0.148. The van der Waals surface area contributed by atoms with Gasteiger partial charge in [-0.25, -0.2) is 23.5 Å². The van der Waals surface area contributed by atoms with E-state index in [-0.39, 0.29) is 25.7 Å². The van der Waals surface area contributed by atoms with Crippen molar-refractivity contribution in [3.8, 4) is 5.69 Å². The van der Waals surface area contributed by atoms with Crippen molar-refractivity contribution < 1.29 is 38.5 Å². The van der Waals surface area contributed by atoms with Crippen LogP contribution in [-0.4, -0.2) is 86.5 Å². The summed E-state index contributed by atoms with van der Waals surface area (Å²) >= 11 is 0. The van der Waals surface area contributed by atoms with Gasteiger partial charge in [0, 0.05) is 32.7 Å². The van der Waals surface area contributed by atoms with Gasteiger partial charge in [0.1, 0.15) is 43.7 Å². The van der Waals surface area contributed by atoms with Crippen LogP contribution in [0, 0.1) is 5.92 Å². The molecule has 1 aromatic heterocycles. The monoisotopic (exact) mass is 584 g/mol. The predicted octanol–water partition coefficient (Wildman–Crippen LogP) is 0.0847. The number of hydrogen-bond acceptors (Lipinski definition) is 11. The molecule has 1 aromatic carbocycles. The van der Waals surface area contributed by atoms with Crippen molar-refractivity contribution in [1.82, 2.24) is 13.9 Å². The van der Waals surface area contributed by atoms with E-state index in [2.05, 4.69) is 5.16 Å². The number of fused-ring (bicyclic) bond motifs is 4. The van der Waals surface area contributed by atoms with Crippen LogP contribution in [0.2, 0.25) is 0 Å². The summed E-state index contributed by atoms with van der Waals surface area (Å²) in [5, 5.41) is 15.5. The first-order valence-corrected chi connectivity index (χ1v) is 13.9. The van der Waals surface area contributed by atoms with E-state index in [9.17, 15) is 24.3 Å². The van der Waals surface area contributed by atoms with Crippen molar-refractivity contribution in [2.45, 2.75) is 75.9 Å². The average molecular weight is 585 g/mol. The van der Waals surface area contributed by atoms with Crippen LogP contribution < -0.4 is 11.4 Å². The van der Waals surface area contributed by atoms with E-state index in [0.29, 0.717) is 24.2 Å². The second-order valence-electron chi connectivity index (χ2n) is 10.7. The molecule has 14 heteroatoms. The molecule has 4 aliphatic rings. The highest BCUT2D eigenvalue weighted by Crippen LogP contribution is 2.46. The summed E-state index contributed by atoms with van der Waals surface area (Å²) in [6.45, 7) is 2.95. The first kappa shape index (κ1) is 28.1. The Morgan fingerprint density at radius 2 is 1.86 bits per heavy atom. The highest BCUT2D eigenvalue weighted by atomic mass is 16.6. The maximum atomic E-state index is 13.5. The summed E-state index contributed by atoms with van der Waals surface area (Å²) in [6, 6.07) is 7.93. The molecular weight excluding hydrogens is 552 g/mol. The molecule has 0 bridgehead atoms. The molecule has 0 unspecified atom stereocenters. The fourth-order valence-corrected chi connectivity index (χ4v) is 6.04. The molecule has 1 N–H and O–H groups in total. The molecule has 42 heavy (non-hydrogen) atoms. The third-order valence-corrected chi connectivity index (χ3v) is 7.95. The third-order valence-electron chi connectivity index (χ3n) is 7.95. The summed E-state index contributed by atoms with van der Waals surface area (Å²) < 4.78 is 25.9. The first-order valence-electron chi connectivity index (χ1n) is 13.9. The van der Waals surface area contributed by atoms with Crippen molar-refractivity contribution in [3.05, 3.63) is 63.5 Å². The van der Waals surface area contributed by atoms with E-state index in [1.807, 2.05) is 0 Å². The van der Waals surface area contributed by atoms with Gasteiger partial charge >= 0.3 is 23.3 Å². The van der Waals surface area contributed by atoms with Crippen LogP contribution in [0.1, 0.15) is 32.7 Å². The van der Waals surface area contributed by atoms with E-state index < -0.39 is 66.0 Å². The largest absolute Gasteiger partial charge is 0.463 e. The van der Waals surface area contributed by atoms with E-state index in [0.717, 1.165) is 4.57 Å². The number of benzene rings is 1. The molecule has 2 aromatic rings. The third kappa shape index (κ3) is 5.21. The molecule has 1 aliphatic carbocycles. The standard InChI is InChI=1S/C28H32N4O10/c1-15(33)38-14-21-20(40-16(2)34)9-8-18(41-21)11-13-39-29-22-19-10-12-30-27(36)31(17-6-4-3-5-7-17)28(37)32(30)23(19)24(35)26-25(22)42-26/h3-9,18-21,23-26,35H,10-14H2,1-2H3/b29-22-/t18-,19+,20-,21+,23+,24-,25+,26-/m0/s1. The Balaban J connectivity index is 1.15. The van der Waals surface area contributed by atoms with E-state index in [4.69, 9.17) is 23.8 Å². The molecule has 1 saturated heterocycles. The van der Waals surface area contributed by atoms with Gasteiger partial charge in [-0.15, -0.1) is 0 Å². The zero-order valence-corrected chi connectivity index (χ0v) is 23.1. The van der Waals surface area contributed by atoms with Crippen LogP contribution in [0.25, 0.3) is 5.69 Å². The minimum atomic E-state index is -0.991. The highest BCUT2D eigenvalue weighted by Gasteiger charge is 2.61. The fraction of sp³-hybridized carbons (Fsp3) is 0.536. The second-order valence-corrected chi connectivity index (χ2v) is 10.7. The Bertz CT molecular complexity index is 1530. The molecule has 6 rings (SSSR count). The lowest BCUT2D eigenvalue weighted by atomic mass is 9.78. The van der Waals surface area contributed by atoms with Crippen molar-refractivity contribution >= 4 is 17.7 Å². The van der Waals surface area contributed by atoms with Gasteiger partial charge in [-0.1, -0.05) is 29.4 Å². The number of nitrogens with zero attached hydrogens (tertiary/aromatic N) is 4. The number of esters is 2. The van der Waals surface area contributed by atoms with Gasteiger partial charge in [0.2, 0.25) is 0 Å². The fourth-order valence-electron chi connectivity index (χ4n) is 6.04. The summed E-state index contributed by atoms with van der Waals surface area (Å²) in [7, 11) is 0. The molecule has 8 atom stereocenters. The lowest BCUT2D eigenvalue weighted by molar-refractivity contribution is -0.164. The lowest BCUT2D eigenvalue weighted by Crippen LogP contribution is -2.53. The van der Waals surface area contributed by atoms with Gasteiger partial charge in [-0.3, -0.25) is 9.59 Å². The number of ether oxygens (including phenoxy) is 4. The highest BCUT2D eigenvalue weighted by molar-refractivity contribution is 5.94. The molecule has 4 heterocycles. The summed E-state index contributed by atoms with van der Waals surface area (Å²) in [5.74, 6) is -1.31. The first-order chi connectivity index (χ1) is 20.2. The number of para-hydroxylation sites is 1. The van der Waals surface area contributed by atoms with E-state index in [1.54, 1.807) is 42.5 Å². The number of hydrogen-bond donors (Lipinski definition) is 1. The second kappa shape index (κ2) is 11.3. The van der Waals surface area contributed by atoms with Crippen LogP contribution >= 0.6 is 0 Å². The minimum Gasteiger partial charge on any atom is -0.463 e. The van der Waals surface area contributed by atoms with E-state index >= 15 is 0 Å². The molecule has 0 amide bonds. The van der Waals surface area contributed by atoms with E-state index in [1.165, 1.54) is 23.2 Å². The molecule has 3 aliphatic heterocycles. The Kier molecular flexibility index (Phi) is 7.60. The maximum Gasteiger partial charge on any atom is 0.352 e. The summed E-state index contributed by atoms with van der Waals surface area (Å²) in [4.78, 5) is 55.1. The van der Waals surface area contributed by atoms with Crippen LogP contribution in [0.4, 0.5) is 0 Å². The summed E-state index contributed by atoms with van der Waals surface area (Å²) in [6.07, 6.45) is 0.622. The van der Waals surface area contributed by atoms with Gasteiger partial charge in [-0.2, -0.15) is 0 Å². The number of aliphatic hydroxyl groups excluding tert-OH is 1. The van der Waals surface area contributed by atoms with Gasteiger partial charge in [-0.05, 0) is 24.6 Å². The van der Waals surface area contributed by atoms with Gasteiger partial charge < -0.3 is 28.9 Å². The maximum absolute atomic E-state index is 13.5. The Labute approximate surface area is 239 Å². The van der Waals surface area contributed by atoms with Crippen LogP contribution in [0.15, 0.2) is 57.2 Å². The van der Waals surface area contributed by atoms with Crippen molar-refractivity contribution in [2.75, 3.05) is 13.2 Å². The van der Waals surface area contributed by atoms with Crippen molar-refractivity contribution in [3.63, 3.8) is 0 Å². The SMILES string of the molecule is CC(=O)OC[C@H]1O[C@H](CCO/N=C2/[C@H]3CCn4c(=O)n(-c5ccccc5)c(=O)n4[C@H]3[C@H](O)[C@@H]3O[C@H]23)C=C[C@@H]1OC(C)=O. The molecule has 14 nitrogen and oxygen atoms in total. The number of aliphatic hydroxyl groups is 1. The van der Waals surface area contributed by atoms with Crippen molar-refractivity contribution in [1.29, 1.82) is 0 Å². The smallest absolute Gasteiger partial charge is 0.352 e. The predicted molar refractivity (Wildman–Crippen MR) is 144 cm³/mol. The summed E-state index contributed by atoms with van der Waals surface area (Å²) in [5.41, 5.74) is 0.0516. The molecule has 1 saturated carbocycles. The number of aromatic nitrogens is 3. The van der Waals surface area contributed by atoms with Gasteiger partial charge in [0.05, 0.1) is 23.5 Å². The number of carbonyl (C=O) groups excluding carboxylic acids is 2. The number of epoxide rings is 1. The molecule has 2 fully saturated rings. The minimum absolute atomic E-state index is 0.0699. The number of carbonyl (C=O) groups is 2. The van der Waals surface area contributed by atoms with Crippen LogP contribution in [0.3, 0.4) is 0 Å². The van der Waals surface area contributed by atoms with Gasteiger partial charge in [0.15, 0.2) is 0 Å². The zero-order chi connectivity index (χ0) is 29.5. The van der Waals surface area contributed by atoms with Crippen LogP contribution in [-0.2, 0) is 39.9 Å². The Morgan fingerprint density at radius 1 is 1.07 bits per heavy atom. The van der Waals surface area contributed by atoms with Gasteiger partial charge in [0.25, 0.3) is 0 Å². The number of rotatable bonds is 8. The molecule has 0 radical (unpaired) electrons. The lowest BCUT2D eigenvalue weighted by Gasteiger charge is -2.38. The Hall–Kier alpha value is -4.01. The molecular formula is C28H32N4O10. The Morgan fingerprint density at radius 3 is 2.60 bits per heavy atom. The molecule has 0 spiro atoms. The average Bonchev–Trinajstić information content (AvgIpc) is 3.73. The normalized spacial score (nSPS) is 31.9.